The Balaban J connectivity index is 1.97. The van der Waals surface area contributed by atoms with Crippen molar-refractivity contribution in [3.05, 3.63) is 46.7 Å². The van der Waals surface area contributed by atoms with Gasteiger partial charge < -0.3 is 5.32 Å². The molecule has 0 fully saturated rings. The highest BCUT2D eigenvalue weighted by Gasteiger charge is 2.01. The quantitative estimate of drug-likeness (QED) is 0.831. The number of hydrogen-bond acceptors (Lipinski definition) is 2. The van der Waals surface area contributed by atoms with Gasteiger partial charge in [-0.3, -0.25) is 0 Å². The van der Waals surface area contributed by atoms with Gasteiger partial charge in [0, 0.05) is 10.7 Å². The molecule has 0 bridgehead atoms. The van der Waals surface area contributed by atoms with Crippen molar-refractivity contribution >= 4 is 15.9 Å². The van der Waals surface area contributed by atoms with Gasteiger partial charge in [-0.25, -0.2) is 4.68 Å². The molecular formula is C14H18BrN3. The molecule has 4 heteroatoms. The Kier molecular flexibility index (Phi) is 4.96. The van der Waals surface area contributed by atoms with Crippen LogP contribution in [0, 0.1) is 0 Å². The van der Waals surface area contributed by atoms with Crippen LogP contribution in [-0.2, 0) is 6.42 Å². The molecule has 1 N–H and O–H groups in total. The number of hydrogen-bond donors (Lipinski definition) is 1. The molecule has 0 spiro atoms. The average molecular weight is 308 g/mol. The van der Waals surface area contributed by atoms with E-state index in [1.165, 1.54) is 5.56 Å². The highest BCUT2D eigenvalue weighted by molar-refractivity contribution is 9.10. The topological polar surface area (TPSA) is 29.9 Å². The first-order chi connectivity index (χ1) is 8.79. The largest absolute Gasteiger partial charge is 0.317 e. The SMILES string of the molecule is CCNCCCc1cnn(-c2cccc(Br)c2)c1. The number of aryl methyl sites for hydroxylation is 1. The Morgan fingerprint density at radius 3 is 3.06 bits per heavy atom. The van der Waals surface area contributed by atoms with Crippen molar-refractivity contribution in [2.45, 2.75) is 19.8 Å². The van der Waals surface area contributed by atoms with Crippen molar-refractivity contribution in [1.82, 2.24) is 15.1 Å². The van der Waals surface area contributed by atoms with Crippen LogP contribution in [0.1, 0.15) is 18.9 Å². The van der Waals surface area contributed by atoms with Crippen LogP contribution in [0.2, 0.25) is 0 Å². The van der Waals surface area contributed by atoms with E-state index in [-0.39, 0.29) is 0 Å². The monoisotopic (exact) mass is 307 g/mol. The highest BCUT2D eigenvalue weighted by Crippen LogP contribution is 2.15. The van der Waals surface area contributed by atoms with Gasteiger partial charge in [-0.15, -0.1) is 0 Å². The lowest BCUT2D eigenvalue weighted by atomic mass is 10.2. The minimum Gasteiger partial charge on any atom is -0.317 e. The molecule has 2 aromatic rings. The summed E-state index contributed by atoms with van der Waals surface area (Å²) < 4.78 is 3.00. The van der Waals surface area contributed by atoms with E-state index in [0.29, 0.717) is 0 Å². The fraction of sp³-hybridized carbons (Fsp3) is 0.357. The van der Waals surface area contributed by atoms with Crippen LogP contribution < -0.4 is 5.32 Å². The summed E-state index contributed by atoms with van der Waals surface area (Å²) in [5.74, 6) is 0. The van der Waals surface area contributed by atoms with E-state index in [4.69, 9.17) is 0 Å². The van der Waals surface area contributed by atoms with E-state index in [0.717, 1.165) is 36.1 Å². The van der Waals surface area contributed by atoms with Gasteiger partial charge in [0.1, 0.15) is 0 Å². The minimum atomic E-state index is 1.04. The standard InChI is InChI=1S/C14H18BrN3/c1-2-16-8-4-5-12-10-17-18(11-12)14-7-3-6-13(15)9-14/h3,6-7,9-11,16H,2,4-5,8H2,1H3. The molecule has 0 atom stereocenters. The zero-order chi connectivity index (χ0) is 12.8. The third-order valence-electron chi connectivity index (χ3n) is 2.78. The third kappa shape index (κ3) is 3.68. The molecule has 0 aliphatic rings. The molecule has 0 saturated heterocycles. The summed E-state index contributed by atoms with van der Waals surface area (Å²) in [6, 6.07) is 8.16. The first-order valence-electron chi connectivity index (χ1n) is 6.30. The lowest BCUT2D eigenvalue weighted by molar-refractivity contribution is 0.672. The summed E-state index contributed by atoms with van der Waals surface area (Å²) in [6.45, 7) is 4.24. The lowest BCUT2D eigenvalue weighted by Crippen LogP contribution is -2.14. The maximum atomic E-state index is 4.40. The highest BCUT2D eigenvalue weighted by atomic mass is 79.9. The Labute approximate surface area is 116 Å². The molecule has 2 rings (SSSR count). The third-order valence-corrected chi connectivity index (χ3v) is 3.27. The second-order valence-corrected chi connectivity index (χ2v) is 5.15. The molecule has 1 aromatic carbocycles. The molecule has 0 aliphatic heterocycles. The Hall–Kier alpha value is -1.13. The van der Waals surface area contributed by atoms with Gasteiger partial charge in [0.05, 0.1) is 11.9 Å². The normalized spacial score (nSPS) is 10.8. The number of nitrogens with one attached hydrogen (secondary N) is 1. The molecule has 0 unspecified atom stereocenters. The zero-order valence-electron chi connectivity index (χ0n) is 10.6. The maximum Gasteiger partial charge on any atom is 0.0656 e. The van der Waals surface area contributed by atoms with E-state index in [2.05, 4.69) is 51.6 Å². The molecule has 18 heavy (non-hydrogen) atoms. The predicted octanol–water partition coefficient (Wildman–Crippen LogP) is 3.18. The van der Waals surface area contributed by atoms with E-state index in [9.17, 15) is 0 Å². The van der Waals surface area contributed by atoms with Crippen LogP contribution >= 0.6 is 15.9 Å². The van der Waals surface area contributed by atoms with Crippen molar-refractivity contribution in [3.63, 3.8) is 0 Å². The van der Waals surface area contributed by atoms with Crippen LogP contribution in [0.3, 0.4) is 0 Å². The van der Waals surface area contributed by atoms with Crippen LogP contribution in [-0.4, -0.2) is 22.9 Å². The summed E-state index contributed by atoms with van der Waals surface area (Å²) in [5, 5.41) is 7.73. The number of aromatic nitrogens is 2. The number of rotatable bonds is 6. The summed E-state index contributed by atoms with van der Waals surface area (Å²) in [5.41, 5.74) is 2.37. The molecule has 1 heterocycles. The smallest absolute Gasteiger partial charge is 0.0656 e. The fourth-order valence-electron chi connectivity index (χ4n) is 1.84. The molecule has 96 valence electrons. The van der Waals surface area contributed by atoms with Gasteiger partial charge in [0.15, 0.2) is 0 Å². The Morgan fingerprint density at radius 1 is 1.39 bits per heavy atom. The second-order valence-electron chi connectivity index (χ2n) is 4.23. The molecule has 3 nitrogen and oxygen atoms in total. The van der Waals surface area contributed by atoms with Gasteiger partial charge in [-0.1, -0.05) is 28.9 Å². The van der Waals surface area contributed by atoms with Crippen molar-refractivity contribution in [1.29, 1.82) is 0 Å². The predicted molar refractivity (Wildman–Crippen MR) is 78.1 cm³/mol. The molecule has 1 aromatic heterocycles. The van der Waals surface area contributed by atoms with Crippen LogP contribution in [0.25, 0.3) is 5.69 Å². The van der Waals surface area contributed by atoms with Crippen LogP contribution in [0.15, 0.2) is 41.1 Å². The Morgan fingerprint density at radius 2 is 2.28 bits per heavy atom. The number of halogens is 1. The molecule has 0 radical (unpaired) electrons. The second kappa shape index (κ2) is 6.71. The van der Waals surface area contributed by atoms with Gasteiger partial charge in [-0.05, 0) is 49.7 Å². The number of benzene rings is 1. The van der Waals surface area contributed by atoms with Gasteiger partial charge in [0.25, 0.3) is 0 Å². The van der Waals surface area contributed by atoms with Gasteiger partial charge >= 0.3 is 0 Å². The summed E-state index contributed by atoms with van der Waals surface area (Å²) in [6.07, 6.45) is 6.28. The van der Waals surface area contributed by atoms with E-state index in [1.807, 2.05) is 23.0 Å². The van der Waals surface area contributed by atoms with E-state index in [1.54, 1.807) is 0 Å². The fourth-order valence-corrected chi connectivity index (χ4v) is 2.23. The molecule has 0 amide bonds. The minimum absolute atomic E-state index is 1.04. The number of nitrogens with zero attached hydrogens (tertiary/aromatic N) is 2. The lowest BCUT2D eigenvalue weighted by Gasteiger charge is -2.01. The van der Waals surface area contributed by atoms with Crippen molar-refractivity contribution in [2.24, 2.45) is 0 Å². The van der Waals surface area contributed by atoms with E-state index < -0.39 is 0 Å². The van der Waals surface area contributed by atoms with Crippen LogP contribution in [0.4, 0.5) is 0 Å². The first-order valence-corrected chi connectivity index (χ1v) is 7.09. The molecule has 0 saturated carbocycles. The molecule has 0 aliphatic carbocycles. The van der Waals surface area contributed by atoms with Crippen molar-refractivity contribution in [2.75, 3.05) is 13.1 Å². The van der Waals surface area contributed by atoms with Crippen molar-refractivity contribution < 1.29 is 0 Å². The average Bonchev–Trinajstić information content (AvgIpc) is 2.83. The molecular weight excluding hydrogens is 290 g/mol. The summed E-state index contributed by atoms with van der Waals surface area (Å²) in [7, 11) is 0. The van der Waals surface area contributed by atoms with Crippen LogP contribution in [0.5, 0.6) is 0 Å². The maximum absolute atomic E-state index is 4.40. The van der Waals surface area contributed by atoms with Gasteiger partial charge in [-0.2, -0.15) is 5.10 Å². The summed E-state index contributed by atoms with van der Waals surface area (Å²) in [4.78, 5) is 0. The summed E-state index contributed by atoms with van der Waals surface area (Å²) >= 11 is 3.48. The zero-order valence-corrected chi connectivity index (χ0v) is 12.2. The van der Waals surface area contributed by atoms with E-state index >= 15 is 0 Å². The van der Waals surface area contributed by atoms with Gasteiger partial charge in [0.2, 0.25) is 0 Å². The first kappa shape index (κ1) is 13.3. The van der Waals surface area contributed by atoms with Crippen molar-refractivity contribution in [3.8, 4) is 5.69 Å². The Bertz CT molecular complexity index is 493.